The first-order valence-corrected chi connectivity index (χ1v) is 6.72. The summed E-state index contributed by atoms with van der Waals surface area (Å²) in [5.41, 5.74) is 0.384. The summed E-state index contributed by atoms with van der Waals surface area (Å²) in [5.74, 6) is -0.913. The predicted octanol–water partition coefficient (Wildman–Crippen LogP) is 0.983. The summed E-state index contributed by atoms with van der Waals surface area (Å²) in [5, 5.41) is 20.0. The number of hydrogen-bond acceptors (Lipinski definition) is 7. The molecule has 0 aliphatic heterocycles. The van der Waals surface area contributed by atoms with Gasteiger partial charge < -0.3 is 24.7 Å². The fraction of sp³-hybridized carbons (Fsp3) is 0.286. The third-order valence-electron chi connectivity index (χ3n) is 2.92. The summed E-state index contributed by atoms with van der Waals surface area (Å²) in [4.78, 5) is 25.4. The number of aliphatic hydroxyl groups is 1. The molecule has 2 rings (SSSR count). The molecule has 0 aliphatic rings. The summed E-state index contributed by atoms with van der Waals surface area (Å²) >= 11 is 0. The largest absolute Gasteiger partial charge is 0.459 e. The van der Waals surface area contributed by atoms with Crippen molar-refractivity contribution in [3.8, 4) is 0 Å². The second-order valence-electron chi connectivity index (χ2n) is 4.52. The van der Waals surface area contributed by atoms with Crippen LogP contribution in [0, 0.1) is 10.1 Å². The average molecular weight is 321 g/mol. The molecule has 0 bridgehead atoms. The molecule has 1 atom stereocenters. The number of carbonyl (C=O) groups excluding carboxylic acids is 1. The van der Waals surface area contributed by atoms with Crippen molar-refractivity contribution in [3.63, 3.8) is 0 Å². The SMILES string of the molecule is O=C(OCC(CO)OCn1ccnc1[N+](=O)[O-])c1ccccc1. The Kier molecular flexibility index (Phi) is 5.78. The molecular weight excluding hydrogens is 306 g/mol. The number of hydrogen-bond donors (Lipinski definition) is 1. The number of benzene rings is 1. The van der Waals surface area contributed by atoms with E-state index in [0.717, 1.165) is 0 Å². The maximum atomic E-state index is 11.8. The minimum absolute atomic E-state index is 0.174. The molecule has 1 unspecified atom stereocenters. The Hall–Kier alpha value is -2.78. The molecule has 1 N–H and O–H groups in total. The molecule has 0 saturated heterocycles. The van der Waals surface area contributed by atoms with E-state index in [2.05, 4.69) is 4.98 Å². The maximum absolute atomic E-state index is 11.8. The van der Waals surface area contributed by atoms with Crippen LogP contribution in [0.25, 0.3) is 0 Å². The van der Waals surface area contributed by atoms with Gasteiger partial charge in [-0.1, -0.05) is 23.2 Å². The van der Waals surface area contributed by atoms with Gasteiger partial charge in [-0.2, -0.15) is 0 Å². The van der Waals surface area contributed by atoms with Crippen LogP contribution in [0.1, 0.15) is 10.4 Å². The molecule has 0 saturated carbocycles. The van der Waals surface area contributed by atoms with Crippen LogP contribution in [0.4, 0.5) is 5.95 Å². The third-order valence-corrected chi connectivity index (χ3v) is 2.92. The summed E-state index contributed by atoms with van der Waals surface area (Å²) in [6.45, 7) is -0.762. The number of nitrogens with zero attached hydrogens (tertiary/aromatic N) is 3. The van der Waals surface area contributed by atoms with Gasteiger partial charge in [-0.25, -0.2) is 9.36 Å². The van der Waals surface area contributed by atoms with Crippen molar-refractivity contribution in [2.75, 3.05) is 13.2 Å². The monoisotopic (exact) mass is 321 g/mol. The number of nitro groups is 1. The van der Waals surface area contributed by atoms with Crippen LogP contribution < -0.4 is 0 Å². The van der Waals surface area contributed by atoms with E-state index in [9.17, 15) is 20.0 Å². The number of rotatable bonds is 8. The van der Waals surface area contributed by atoms with E-state index in [0.29, 0.717) is 5.56 Å². The molecule has 0 radical (unpaired) electrons. The first-order valence-electron chi connectivity index (χ1n) is 6.72. The van der Waals surface area contributed by atoms with E-state index >= 15 is 0 Å². The minimum Gasteiger partial charge on any atom is -0.459 e. The Morgan fingerprint density at radius 3 is 2.78 bits per heavy atom. The Labute approximate surface area is 131 Å². The van der Waals surface area contributed by atoms with Crippen LogP contribution in [0.3, 0.4) is 0 Å². The van der Waals surface area contributed by atoms with Crippen LogP contribution in [-0.2, 0) is 16.2 Å². The van der Waals surface area contributed by atoms with E-state index in [-0.39, 0.29) is 19.3 Å². The Morgan fingerprint density at radius 1 is 1.39 bits per heavy atom. The van der Waals surface area contributed by atoms with Crippen molar-refractivity contribution < 1.29 is 24.3 Å². The fourth-order valence-electron chi connectivity index (χ4n) is 1.74. The maximum Gasteiger partial charge on any atom is 0.436 e. The standard InChI is InChI=1S/C14H15N3O6/c18-8-12(9-22-13(19)11-4-2-1-3-5-11)23-10-16-7-6-15-14(16)17(20)21/h1-7,12,18H,8-10H2. The van der Waals surface area contributed by atoms with Gasteiger partial charge in [0.25, 0.3) is 0 Å². The number of aromatic nitrogens is 2. The predicted molar refractivity (Wildman–Crippen MR) is 77.6 cm³/mol. The summed E-state index contributed by atoms with van der Waals surface area (Å²) in [6, 6.07) is 8.38. The minimum atomic E-state index is -0.801. The normalized spacial score (nSPS) is 11.9. The first kappa shape index (κ1) is 16.6. The first-order chi connectivity index (χ1) is 11.1. The molecule has 0 aliphatic carbocycles. The summed E-state index contributed by atoms with van der Waals surface area (Å²) in [7, 11) is 0. The van der Waals surface area contributed by atoms with E-state index < -0.39 is 23.6 Å². The second-order valence-corrected chi connectivity index (χ2v) is 4.52. The Balaban J connectivity index is 1.85. The van der Waals surface area contributed by atoms with E-state index in [1.165, 1.54) is 17.0 Å². The molecule has 1 aromatic heterocycles. The van der Waals surface area contributed by atoms with Crippen molar-refractivity contribution in [2.45, 2.75) is 12.8 Å². The fourth-order valence-corrected chi connectivity index (χ4v) is 1.74. The highest BCUT2D eigenvalue weighted by Crippen LogP contribution is 2.09. The molecule has 9 nitrogen and oxygen atoms in total. The molecule has 0 amide bonds. The lowest BCUT2D eigenvalue weighted by molar-refractivity contribution is -0.397. The van der Waals surface area contributed by atoms with Crippen molar-refractivity contribution in [1.82, 2.24) is 9.55 Å². The van der Waals surface area contributed by atoms with Crippen molar-refractivity contribution in [1.29, 1.82) is 0 Å². The number of ether oxygens (including phenoxy) is 2. The van der Waals surface area contributed by atoms with Gasteiger partial charge in [0.2, 0.25) is 0 Å². The van der Waals surface area contributed by atoms with E-state index in [4.69, 9.17) is 9.47 Å². The lowest BCUT2D eigenvalue weighted by Gasteiger charge is -2.15. The summed E-state index contributed by atoms with van der Waals surface area (Å²) in [6.07, 6.45) is 1.85. The van der Waals surface area contributed by atoms with E-state index in [1.807, 2.05) is 0 Å². The van der Waals surface area contributed by atoms with Gasteiger partial charge in [0.15, 0.2) is 6.73 Å². The quantitative estimate of drug-likeness (QED) is 0.437. The zero-order chi connectivity index (χ0) is 16.7. The van der Waals surface area contributed by atoms with Crippen molar-refractivity contribution >= 4 is 11.9 Å². The molecule has 122 valence electrons. The smallest absolute Gasteiger partial charge is 0.436 e. The van der Waals surface area contributed by atoms with Gasteiger partial charge in [0.05, 0.1) is 12.2 Å². The van der Waals surface area contributed by atoms with Crippen LogP contribution in [-0.4, -0.2) is 44.9 Å². The highest BCUT2D eigenvalue weighted by molar-refractivity contribution is 5.89. The number of aliphatic hydroxyl groups excluding tert-OH is 1. The molecule has 1 heterocycles. The van der Waals surface area contributed by atoms with Crippen LogP contribution in [0.2, 0.25) is 0 Å². The van der Waals surface area contributed by atoms with Gasteiger partial charge in [-0.15, -0.1) is 0 Å². The molecule has 0 spiro atoms. The van der Waals surface area contributed by atoms with Gasteiger partial charge in [-0.3, -0.25) is 0 Å². The van der Waals surface area contributed by atoms with Gasteiger partial charge in [0, 0.05) is 0 Å². The van der Waals surface area contributed by atoms with Crippen molar-refractivity contribution in [3.05, 3.63) is 58.4 Å². The topological polar surface area (TPSA) is 117 Å². The van der Waals surface area contributed by atoms with Crippen molar-refractivity contribution in [2.24, 2.45) is 0 Å². The Morgan fingerprint density at radius 2 is 2.13 bits per heavy atom. The van der Waals surface area contributed by atoms with Gasteiger partial charge >= 0.3 is 11.9 Å². The Bertz CT molecular complexity index is 658. The number of esters is 1. The molecule has 1 aromatic carbocycles. The highest BCUT2D eigenvalue weighted by Gasteiger charge is 2.17. The number of imidazole rings is 1. The van der Waals surface area contributed by atoms with Gasteiger partial charge in [-0.05, 0) is 17.1 Å². The highest BCUT2D eigenvalue weighted by atomic mass is 16.6. The third kappa shape index (κ3) is 4.59. The zero-order valence-electron chi connectivity index (χ0n) is 12.1. The van der Waals surface area contributed by atoms with Crippen LogP contribution in [0.5, 0.6) is 0 Å². The number of carbonyl (C=O) groups is 1. The zero-order valence-corrected chi connectivity index (χ0v) is 12.1. The molecule has 2 aromatic rings. The average Bonchev–Trinajstić information content (AvgIpc) is 3.04. The van der Waals surface area contributed by atoms with Crippen LogP contribution in [0.15, 0.2) is 42.7 Å². The molecule has 0 fully saturated rings. The summed E-state index contributed by atoms with van der Waals surface area (Å²) < 4.78 is 11.5. The molecule has 23 heavy (non-hydrogen) atoms. The van der Waals surface area contributed by atoms with Crippen LogP contribution >= 0.6 is 0 Å². The van der Waals surface area contributed by atoms with Gasteiger partial charge in [0.1, 0.15) is 25.1 Å². The van der Waals surface area contributed by atoms with E-state index in [1.54, 1.807) is 30.3 Å². The lowest BCUT2D eigenvalue weighted by atomic mass is 10.2. The second kappa shape index (κ2) is 8.01. The molecule has 9 heteroatoms. The molecular formula is C14H15N3O6. The lowest BCUT2D eigenvalue weighted by Crippen LogP contribution is -2.27.